The average Bonchev–Trinajstić information content (AvgIpc) is 2.35. The summed E-state index contributed by atoms with van der Waals surface area (Å²) in [5.74, 6) is 0.568. The molecule has 0 aromatic rings. The monoisotopic (exact) mass is 254 g/mol. The van der Waals surface area contributed by atoms with Crippen LogP contribution in [0.2, 0.25) is 0 Å². The van der Waals surface area contributed by atoms with Crippen LogP contribution in [-0.2, 0) is 14.3 Å². The Morgan fingerprint density at radius 3 is 2.78 bits per heavy atom. The Labute approximate surface area is 111 Å². The van der Waals surface area contributed by atoms with Crippen LogP contribution in [0.15, 0.2) is 11.8 Å². The molecule has 1 atom stereocenters. The van der Waals surface area contributed by atoms with Crippen molar-refractivity contribution >= 4 is 5.97 Å². The van der Waals surface area contributed by atoms with E-state index in [0.717, 1.165) is 38.0 Å². The molecule has 1 heterocycles. The fourth-order valence-corrected chi connectivity index (χ4v) is 2.18. The molecule has 0 aromatic carbocycles. The summed E-state index contributed by atoms with van der Waals surface area (Å²) in [5.41, 5.74) is 0. The van der Waals surface area contributed by atoms with Gasteiger partial charge in [0.15, 0.2) is 0 Å². The highest BCUT2D eigenvalue weighted by Crippen LogP contribution is 2.19. The maximum atomic E-state index is 11.1. The molecule has 0 radical (unpaired) electrons. The summed E-state index contributed by atoms with van der Waals surface area (Å²) in [5, 5.41) is 0. The van der Waals surface area contributed by atoms with Crippen LogP contribution in [0.5, 0.6) is 0 Å². The van der Waals surface area contributed by atoms with Gasteiger partial charge in [-0.25, -0.2) is 0 Å². The Morgan fingerprint density at radius 1 is 1.33 bits per heavy atom. The second kappa shape index (κ2) is 9.15. The molecule has 0 amide bonds. The smallest absolute Gasteiger partial charge is 0.307 e. The van der Waals surface area contributed by atoms with Crippen LogP contribution in [-0.4, -0.2) is 18.7 Å². The maximum Gasteiger partial charge on any atom is 0.307 e. The zero-order valence-electron chi connectivity index (χ0n) is 11.7. The van der Waals surface area contributed by atoms with E-state index in [4.69, 9.17) is 9.47 Å². The molecule has 0 N–H and O–H groups in total. The number of hydrogen-bond acceptors (Lipinski definition) is 3. The van der Waals surface area contributed by atoms with E-state index in [1.807, 2.05) is 6.08 Å². The van der Waals surface area contributed by atoms with Gasteiger partial charge in [0.25, 0.3) is 0 Å². The molecule has 1 aliphatic heterocycles. The van der Waals surface area contributed by atoms with Crippen molar-refractivity contribution in [2.75, 3.05) is 6.61 Å². The molecule has 18 heavy (non-hydrogen) atoms. The lowest BCUT2D eigenvalue weighted by Gasteiger charge is -2.20. The van der Waals surface area contributed by atoms with Crippen LogP contribution in [0.25, 0.3) is 0 Å². The van der Waals surface area contributed by atoms with Gasteiger partial charge in [0.2, 0.25) is 0 Å². The van der Waals surface area contributed by atoms with Crippen molar-refractivity contribution in [3.8, 4) is 0 Å². The molecule has 104 valence electrons. The highest BCUT2D eigenvalue weighted by atomic mass is 16.5. The Kier molecular flexibility index (Phi) is 7.74. The third kappa shape index (κ3) is 6.80. The largest absolute Gasteiger partial charge is 0.432 e. The summed E-state index contributed by atoms with van der Waals surface area (Å²) in [6.45, 7) is 4.48. The third-order valence-electron chi connectivity index (χ3n) is 3.14. The van der Waals surface area contributed by atoms with Gasteiger partial charge in [0.05, 0.1) is 6.10 Å². The molecule has 3 nitrogen and oxygen atoms in total. The molecule has 0 saturated carbocycles. The molecule has 3 heteroatoms. The maximum absolute atomic E-state index is 11.1. The lowest BCUT2D eigenvalue weighted by atomic mass is 10.1. The normalized spacial score (nSPS) is 20.8. The molecule has 1 rings (SSSR count). The molecule has 0 spiro atoms. The van der Waals surface area contributed by atoms with Crippen molar-refractivity contribution in [1.82, 2.24) is 0 Å². The van der Waals surface area contributed by atoms with E-state index in [2.05, 4.69) is 6.92 Å². The minimum Gasteiger partial charge on any atom is -0.432 e. The lowest BCUT2D eigenvalue weighted by molar-refractivity contribution is -0.137. The van der Waals surface area contributed by atoms with Gasteiger partial charge in [0.1, 0.15) is 5.76 Å². The number of carbonyl (C=O) groups excluding carboxylic acids is 1. The average molecular weight is 254 g/mol. The van der Waals surface area contributed by atoms with Gasteiger partial charge >= 0.3 is 5.97 Å². The van der Waals surface area contributed by atoms with E-state index in [-0.39, 0.29) is 12.1 Å². The Balaban J connectivity index is 2.42. The Bertz CT molecular complexity index is 265. The van der Waals surface area contributed by atoms with E-state index in [1.54, 1.807) is 0 Å². The molecule has 0 bridgehead atoms. The van der Waals surface area contributed by atoms with Crippen molar-refractivity contribution in [1.29, 1.82) is 0 Å². The first-order chi connectivity index (χ1) is 8.72. The van der Waals surface area contributed by atoms with Crippen LogP contribution in [0.4, 0.5) is 0 Å². The summed E-state index contributed by atoms with van der Waals surface area (Å²) >= 11 is 0. The number of rotatable bonds is 7. The number of hydrogen-bond donors (Lipinski definition) is 0. The number of allylic oxidation sites excluding steroid dienone is 1. The van der Waals surface area contributed by atoms with E-state index in [9.17, 15) is 4.79 Å². The van der Waals surface area contributed by atoms with E-state index < -0.39 is 0 Å². The first kappa shape index (κ1) is 15.2. The minimum absolute atomic E-state index is 0.138. The SMILES string of the molecule is CCCCCC/C(=C/C1CCCCO1)OC(C)=O. The zero-order chi connectivity index (χ0) is 13.2. The van der Waals surface area contributed by atoms with Crippen LogP contribution in [0.3, 0.4) is 0 Å². The molecule has 0 aliphatic carbocycles. The van der Waals surface area contributed by atoms with Crippen molar-refractivity contribution in [2.45, 2.75) is 71.3 Å². The summed E-state index contributed by atoms with van der Waals surface area (Å²) < 4.78 is 10.9. The first-order valence-corrected chi connectivity index (χ1v) is 7.23. The van der Waals surface area contributed by atoms with Gasteiger partial charge in [-0.3, -0.25) is 4.79 Å². The standard InChI is InChI=1S/C15H26O3/c1-3-4-5-6-10-15(18-13(2)16)12-14-9-7-8-11-17-14/h12,14H,3-11H2,1-2H3/b15-12-. The summed E-state index contributed by atoms with van der Waals surface area (Å²) in [4.78, 5) is 11.1. The highest BCUT2D eigenvalue weighted by molar-refractivity contribution is 5.67. The van der Waals surface area contributed by atoms with E-state index in [0.29, 0.717) is 0 Å². The van der Waals surface area contributed by atoms with Crippen molar-refractivity contribution in [3.63, 3.8) is 0 Å². The molecule has 1 aliphatic rings. The Hall–Kier alpha value is -0.830. The summed E-state index contributed by atoms with van der Waals surface area (Å²) in [7, 11) is 0. The first-order valence-electron chi connectivity index (χ1n) is 7.23. The molecular weight excluding hydrogens is 228 g/mol. The number of ether oxygens (including phenoxy) is 2. The van der Waals surface area contributed by atoms with E-state index >= 15 is 0 Å². The number of esters is 1. The van der Waals surface area contributed by atoms with Crippen molar-refractivity contribution in [2.24, 2.45) is 0 Å². The number of carbonyl (C=O) groups is 1. The second-order valence-electron chi connectivity index (χ2n) is 4.94. The summed E-state index contributed by atoms with van der Waals surface area (Å²) in [6.07, 6.45) is 11.1. The molecule has 1 unspecified atom stereocenters. The van der Waals surface area contributed by atoms with Crippen molar-refractivity contribution in [3.05, 3.63) is 11.8 Å². The van der Waals surface area contributed by atoms with Crippen LogP contribution in [0, 0.1) is 0 Å². The predicted octanol–water partition coefficient (Wildman–Crippen LogP) is 3.97. The van der Waals surface area contributed by atoms with Gasteiger partial charge in [-0.1, -0.05) is 26.2 Å². The quantitative estimate of drug-likeness (QED) is 0.392. The molecular formula is C15H26O3. The van der Waals surface area contributed by atoms with Gasteiger partial charge < -0.3 is 9.47 Å². The minimum atomic E-state index is -0.229. The fraction of sp³-hybridized carbons (Fsp3) is 0.800. The number of unbranched alkanes of at least 4 members (excludes halogenated alkanes) is 3. The van der Waals surface area contributed by atoms with Crippen molar-refractivity contribution < 1.29 is 14.3 Å². The molecule has 1 fully saturated rings. The molecule has 0 aromatic heterocycles. The highest BCUT2D eigenvalue weighted by Gasteiger charge is 2.13. The van der Waals surface area contributed by atoms with Crippen LogP contribution >= 0.6 is 0 Å². The predicted molar refractivity (Wildman–Crippen MR) is 72.2 cm³/mol. The van der Waals surface area contributed by atoms with Crippen LogP contribution < -0.4 is 0 Å². The fourth-order valence-electron chi connectivity index (χ4n) is 2.18. The van der Waals surface area contributed by atoms with Crippen LogP contribution in [0.1, 0.15) is 65.2 Å². The molecule has 1 saturated heterocycles. The Morgan fingerprint density at radius 2 is 2.17 bits per heavy atom. The second-order valence-corrected chi connectivity index (χ2v) is 4.94. The lowest BCUT2D eigenvalue weighted by Crippen LogP contribution is -2.17. The van der Waals surface area contributed by atoms with Gasteiger partial charge in [-0.15, -0.1) is 0 Å². The summed E-state index contributed by atoms with van der Waals surface area (Å²) in [6, 6.07) is 0. The topological polar surface area (TPSA) is 35.5 Å². The van der Waals surface area contributed by atoms with Gasteiger partial charge in [-0.05, 0) is 31.8 Å². The zero-order valence-corrected chi connectivity index (χ0v) is 11.7. The third-order valence-corrected chi connectivity index (χ3v) is 3.14. The van der Waals surface area contributed by atoms with E-state index in [1.165, 1.54) is 32.6 Å². The van der Waals surface area contributed by atoms with Gasteiger partial charge in [-0.2, -0.15) is 0 Å². The van der Waals surface area contributed by atoms with Gasteiger partial charge in [0, 0.05) is 20.0 Å².